The van der Waals surface area contributed by atoms with Crippen molar-refractivity contribution in [3.05, 3.63) is 12.2 Å². The molecule has 0 bridgehead atoms. The van der Waals surface area contributed by atoms with Gasteiger partial charge >= 0.3 is 0 Å². The molecule has 0 N–H and O–H groups in total. The summed E-state index contributed by atoms with van der Waals surface area (Å²) in [6.07, 6.45) is 5.86. The Morgan fingerprint density at radius 1 is 1.59 bits per heavy atom. The van der Waals surface area contributed by atoms with E-state index >= 15 is 0 Å². The zero-order valence-electron chi connectivity index (χ0n) is 11.4. The average molecular weight is 243 g/mol. The summed E-state index contributed by atoms with van der Waals surface area (Å²) in [5, 5.41) is 0. The molecule has 98 valence electrons. The lowest BCUT2D eigenvalue weighted by molar-refractivity contribution is 0.0866. The first-order valence-electron chi connectivity index (χ1n) is 6.29. The van der Waals surface area contributed by atoms with Crippen LogP contribution in [0.3, 0.4) is 0 Å². The highest BCUT2D eigenvalue weighted by atomic mass is 19.3. The zero-order valence-corrected chi connectivity index (χ0v) is 11.4. The van der Waals surface area contributed by atoms with Crippen LogP contribution in [0.2, 0.25) is 0 Å². The van der Waals surface area contributed by atoms with Crippen molar-refractivity contribution in [2.45, 2.75) is 46.5 Å². The van der Waals surface area contributed by atoms with Gasteiger partial charge in [-0.25, -0.2) is 8.78 Å². The molecule has 1 nitrogen and oxygen atoms in total. The van der Waals surface area contributed by atoms with E-state index in [2.05, 4.69) is 31.0 Å². The van der Waals surface area contributed by atoms with Gasteiger partial charge in [0.2, 0.25) is 0 Å². The Balaban J connectivity index is 3.04. The number of alkyl halides is 2. The predicted molar refractivity (Wildman–Crippen MR) is 68.8 cm³/mol. The maximum absolute atomic E-state index is 13.6. The van der Waals surface area contributed by atoms with Gasteiger partial charge < -0.3 is 0 Å². The number of hydrogen-bond donors (Lipinski definition) is 0. The van der Waals surface area contributed by atoms with Crippen LogP contribution in [-0.2, 0) is 0 Å². The number of rotatable bonds is 4. The molecule has 0 amide bonds. The third-order valence-corrected chi connectivity index (χ3v) is 3.79. The van der Waals surface area contributed by atoms with E-state index < -0.39 is 5.92 Å². The monoisotopic (exact) mass is 243 g/mol. The number of nitrogens with zero attached hydrogens (tertiary/aromatic N) is 1. The third-order valence-electron chi connectivity index (χ3n) is 3.79. The van der Waals surface area contributed by atoms with E-state index in [9.17, 15) is 8.78 Å². The predicted octanol–water partition coefficient (Wildman–Crippen LogP) is 4.34. The van der Waals surface area contributed by atoms with Crippen LogP contribution in [0, 0.1) is 17.3 Å². The number of halogens is 2. The first-order chi connectivity index (χ1) is 7.74. The largest absolute Gasteiger partial charge is 0.291 e. The highest BCUT2D eigenvalue weighted by molar-refractivity contribution is 5.93. The van der Waals surface area contributed by atoms with Crippen molar-refractivity contribution < 1.29 is 8.78 Å². The summed E-state index contributed by atoms with van der Waals surface area (Å²) >= 11 is 0. The van der Waals surface area contributed by atoms with E-state index in [-0.39, 0.29) is 17.0 Å². The minimum Gasteiger partial charge on any atom is -0.291 e. The summed E-state index contributed by atoms with van der Waals surface area (Å²) < 4.78 is 27.2. The van der Waals surface area contributed by atoms with E-state index in [0.717, 1.165) is 13.3 Å². The lowest BCUT2D eigenvalue weighted by atomic mass is 9.70. The lowest BCUT2D eigenvalue weighted by Crippen LogP contribution is -2.40. The first-order valence-corrected chi connectivity index (χ1v) is 6.29. The van der Waals surface area contributed by atoms with Crippen molar-refractivity contribution in [3.8, 4) is 0 Å². The maximum atomic E-state index is 13.6. The molecule has 0 fully saturated rings. The molecular formula is C14H23F2N. The van der Waals surface area contributed by atoms with Crippen LogP contribution in [0.4, 0.5) is 8.78 Å². The fourth-order valence-electron chi connectivity index (χ4n) is 3.10. The smallest absolute Gasteiger partial charge is 0.283 e. The van der Waals surface area contributed by atoms with Crippen LogP contribution in [0.1, 0.15) is 40.5 Å². The number of allylic oxidation sites excluding steroid dienone is 2. The first kappa shape index (κ1) is 14.3. The molecule has 0 aromatic carbocycles. The molecular weight excluding hydrogens is 220 g/mol. The van der Waals surface area contributed by atoms with Gasteiger partial charge in [-0.3, -0.25) is 4.99 Å². The van der Waals surface area contributed by atoms with Crippen LogP contribution in [-0.4, -0.2) is 18.7 Å². The molecule has 3 atom stereocenters. The van der Waals surface area contributed by atoms with Crippen LogP contribution >= 0.6 is 0 Å². The Morgan fingerprint density at radius 2 is 2.18 bits per heavy atom. The summed E-state index contributed by atoms with van der Waals surface area (Å²) in [7, 11) is 1.47. The number of aliphatic imine (C=N–C) groups is 1. The maximum Gasteiger partial charge on any atom is 0.283 e. The SMILES string of the molecule is CCC(C(=NC)C(C)(F)F)[C@]1(C)C=CC(C)C1. The Bertz CT molecular complexity index is 328. The molecule has 0 spiro atoms. The van der Waals surface area contributed by atoms with Crippen molar-refractivity contribution in [1.29, 1.82) is 0 Å². The third kappa shape index (κ3) is 2.93. The summed E-state index contributed by atoms with van der Waals surface area (Å²) in [5.41, 5.74) is -0.135. The van der Waals surface area contributed by atoms with Gasteiger partial charge in [-0.2, -0.15) is 0 Å². The minimum atomic E-state index is -2.82. The highest BCUT2D eigenvalue weighted by Crippen LogP contribution is 2.45. The normalized spacial score (nSPS) is 31.9. The molecule has 0 radical (unpaired) electrons. The second kappa shape index (κ2) is 4.87. The van der Waals surface area contributed by atoms with Gasteiger partial charge in [0.1, 0.15) is 0 Å². The van der Waals surface area contributed by atoms with E-state index in [1.54, 1.807) is 0 Å². The minimum absolute atomic E-state index is 0.0428. The standard InChI is InChI=1S/C14H23F2N/c1-6-11(12(17-5)14(4,15)16)13(3)8-7-10(2)9-13/h7-8,10-11H,6,9H2,1-5H3/t10?,11?,13-/m1/s1. The molecule has 1 aliphatic rings. The van der Waals surface area contributed by atoms with Crippen molar-refractivity contribution >= 4 is 5.71 Å². The molecule has 0 aliphatic heterocycles. The second-order valence-corrected chi connectivity index (χ2v) is 5.50. The lowest BCUT2D eigenvalue weighted by Gasteiger charge is -2.35. The Labute approximate surface area is 103 Å². The molecule has 1 aliphatic carbocycles. The summed E-state index contributed by atoms with van der Waals surface area (Å²) in [5.74, 6) is -2.52. The Kier molecular flexibility index (Phi) is 4.11. The van der Waals surface area contributed by atoms with Gasteiger partial charge in [0.25, 0.3) is 5.92 Å². The van der Waals surface area contributed by atoms with E-state index in [1.807, 2.05) is 6.92 Å². The van der Waals surface area contributed by atoms with Gasteiger partial charge in [-0.1, -0.05) is 32.9 Å². The molecule has 0 aromatic rings. The summed E-state index contributed by atoms with van der Waals surface area (Å²) in [6.45, 7) is 7.10. The quantitative estimate of drug-likeness (QED) is 0.514. The molecule has 17 heavy (non-hydrogen) atoms. The fourth-order valence-corrected chi connectivity index (χ4v) is 3.10. The van der Waals surface area contributed by atoms with Gasteiger partial charge in [-0.05, 0) is 24.2 Å². The molecule has 1 rings (SSSR count). The second-order valence-electron chi connectivity index (χ2n) is 5.50. The zero-order chi connectivity index (χ0) is 13.3. The molecule has 2 unspecified atom stereocenters. The van der Waals surface area contributed by atoms with Crippen molar-refractivity contribution in [1.82, 2.24) is 0 Å². The van der Waals surface area contributed by atoms with Gasteiger partial charge in [0, 0.05) is 19.9 Å². The van der Waals surface area contributed by atoms with Crippen molar-refractivity contribution in [3.63, 3.8) is 0 Å². The van der Waals surface area contributed by atoms with Crippen LogP contribution in [0.15, 0.2) is 17.1 Å². The Hall–Kier alpha value is -0.730. The topological polar surface area (TPSA) is 12.4 Å². The van der Waals surface area contributed by atoms with Gasteiger partial charge in [0.15, 0.2) is 0 Å². The van der Waals surface area contributed by atoms with Crippen molar-refractivity contribution in [2.24, 2.45) is 22.2 Å². The molecule has 0 heterocycles. The Morgan fingerprint density at radius 3 is 2.47 bits per heavy atom. The van der Waals surface area contributed by atoms with Gasteiger partial charge in [-0.15, -0.1) is 0 Å². The number of hydrogen-bond acceptors (Lipinski definition) is 1. The van der Waals surface area contributed by atoms with Crippen molar-refractivity contribution in [2.75, 3.05) is 7.05 Å². The van der Waals surface area contributed by atoms with Gasteiger partial charge in [0.05, 0.1) is 5.71 Å². The van der Waals surface area contributed by atoms with Crippen LogP contribution in [0.25, 0.3) is 0 Å². The van der Waals surface area contributed by atoms with E-state index in [4.69, 9.17) is 0 Å². The molecule has 0 saturated carbocycles. The fraction of sp³-hybridized carbons (Fsp3) is 0.786. The van der Waals surface area contributed by atoms with E-state index in [1.165, 1.54) is 7.05 Å². The molecule has 3 heteroatoms. The highest BCUT2D eigenvalue weighted by Gasteiger charge is 2.44. The van der Waals surface area contributed by atoms with Crippen LogP contribution in [0.5, 0.6) is 0 Å². The molecule has 0 aromatic heterocycles. The summed E-state index contributed by atoms with van der Waals surface area (Å²) in [4.78, 5) is 3.88. The van der Waals surface area contributed by atoms with E-state index in [0.29, 0.717) is 12.3 Å². The summed E-state index contributed by atoms with van der Waals surface area (Å²) in [6, 6.07) is 0. The average Bonchev–Trinajstić information content (AvgIpc) is 2.53. The molecule has 0 saturated heterocycles. The van der Waals surface area contributed by atoms with Crippen LogP contribution < -0.4 is 0 Å².